The van der Waals surface area contributed by atoms with Crippen LogP contribution in [-0.4, -0.2) is 36.5 Å². The lowest BCUT2D eigenvalue weighted by Gasteiger charge is -2.24. The number of aliphatic hydroxyl groups excluding tert-OH is 1. The largest absolute Gasteiger partial charge is 0.397 e. The van der Waals surface area contributed by atoms with E-state index in [9.17, 15) is 8.42 Å². The molecule has 3 N–H and O–H groups in total. The highest BCUT2D eigenvalue weighted by Gasteiger charge is 2.28. The van der Waals surface area contributed by atoms with Crippen LogP contribution >= 0.6 is 0 Å². The van der Waals surface area contributed by atoms with Crippen molar-refractivity contribution in [1.82, 2.24) is 9.78 Å². The zero-order valence-electron chi connectivity index (χ0n) is 11.0. The molecule has 108 valence electrons. The first kappa shape index (κ1) is 14.4. The van der Waals surface area contributed by atoms with E-state index in [0.29, 0.717) is 11.4 Å². The molecule has 0 radical (unpaired) electrons. The second kappa shape index (κ2) is 5.51. The van der Waals surface area contributed by atoms with Crippen molar-refractivity contribution in [1.29, 1.82) is 0 Å². The van der Waals surface area contributed by atoms with Gasteiger partial charge in [-0.25, -0.2) is 0 Å². The summed E-state index contributed by atoms with van der Waals surface area (Å²) in [5.41, 5.74) is 6.49. The third-order valence-electron chi connectivity index (χ3n) is 2.84. The van der Waals surface area contributed by atoms with E-state index in [2.05, 4.69) is 5.10 Å². The number of benzene rings is 1. The molecule has 2 aromatic rings. The van der Waals surface area contributed by atoms with Crippen LogP contribution in [0.15, 0.2) is 41.6 Å². The Hall–Kier alpha value is -2.06. The zero-order chi connectivity index (χ0) is 14.8. The SMILES string of the molecule is Cn1nccc1S(=O)(=O)N(CCO)c1ccccc1N. The van der Waals surface area contributed by atoms with Gasteiger partial charge in [0.05, 0.1) is 30.7 Å². The molecule has 0 atom stereocenters. The van der Waals surface area contributed by atoms with Crippen LogP contribution in [0.4, 0.5) is 11.4 Å². The Morgan fingerprint density at radius 2 is 2.05 bits per heavy atom. The van der Waals surface area contributed by atoms with Crippen molar-refractivity contribution in [2.75, 3.05) is 23.2 Å². The van der Waals surface area contributed by atoms with Gasteiger partial charge in [0.15, 0.2) is 5.03 Å². The van der Waals surface area contributed by atoms with Crippen molar-refractivity contribution < 1.29 is 13.5 Å². The lowest BCUT2D eigenvalue weighted by Crippen LogP contribution is -2.35. The summed E-state index contributed by atoms with van der Waals surface area (Å²) in [4.78, 5) is 0. The van der Waals surface area contributed by atoms with E-state index in [4.69, 9.17) is 10.8 Å². The van der Waals surface area contributed by atoms with Crippen molar-refractivity contribution in [3.63, 3.8) is 0 Å². The lowest BCUT2D eigenvalue weighted by atomic mass is 10.3. The molecule has 0 aliphatic heterocycles. The number of nitrogens with zero attached hydrogens (tertiary/aromatic N) is 3. The van der Waals surface area contributed by atoms with Gasteiger partial charge in [0, 0.05) is 7.05 Å². The Labute approximate surface area is 117 Å². The second-order valence-electron chi connectivity index (χ2n) is 4.15. The molecule has 0 aliphatic rings. The molecule has 0 unspecified atom stereocenters. The van der Waals surface area contributed by atoms with E-state index < -0.39 is 10.0 Å². The number of nitrogens with two attached hydrogens (primary N) is 1. The predicted molar refractivity (Wildman–Crippen MR) is 75.7 cm³/mol. The number of rotatable bonds is 5. The fourth-order valence-corrected chi connectivity index (χ4v) is 3.49. The Morgan fingerprint density at radius 3 is 2.60 bits per heavy atom. The molecule has 0 amide bonds. The number of hydrogen-bond acceptors (Lipinski definition) is 5. The van der Waals surface area contributed by atoms with Crippen LogP contribution in [0.3, 0.4) is 0 Å². The van der Waals surface area contributed by atoms with E-state index in [1.165, 1.54) is 16.9 Å². The van der Waals surface area contributed by atoms with Gasteiger partial charge < -0.3 is 10.8 Å². The van der Waals surface area contributed by atoms with E-state index >= 15 is 0 Å². The van der Waals surface area contributed by atoms with Gasteiger partial charge in [-0.05, 0) is 18.2 Å². The summed E-state index contributed by atoms with van der Waals surface area (Å²) < 4.78 is 27.7. The molecule has 1 heterocycles. The van der Waals surface area contributed by atoms with Crippen LogP contribution < -0.4 is 10.0 Å². The maximum atomic E-state index is 12.7. The monoisotopic (exact) mass is 296 g/mol. The number of aliphatic hydroxyl groups is 1. The summed E-state index contributed by atoms with van der Waals surface area (Å²) in [5.74, 6) is 0. The van der Waals surface area contributed by atoms with Gasteiger partial charge in [0.1, 0.15) is 0 Å². The standard InChI is InChI=1S/C12H16N4O3S/c1-15-12(6-7-14-15)20(18,19)16(8-9-17)11-5-3-2-4-10(11)13/h2-7,17H,8-9,13H2,1H3. The minimum Gasteiger partial charge on any atom is -0.397 e. The average Bonchev–Trinajstić information content (AvgIpc) is 2.84. The molecule has 0 saturated heterocycles. The predicted octanol–water partition coefficient (Wildman–Crippen LogP) is 0.190. The molecule has 0 fully saturated rings. The van der Waals surface area contributed by atoms with E-state index in [0.717, 1.165) is 4.31 Å². The number of aromatic nitrogens is 2. The topological polar surface area (TPSA) is 101 Å². The fourth-order valence-electron chi connectivity index (χ4n) is 1.90. The number of sulfonamides is 1. The molecule has 8 heteroatoms. The highest BCUT2D eigenvalue weighted by atomic mass is 32.2. The second-order valence-corrected chi connectivity index (χ2v) is 5.96. The van der Waals surface area contributed by atoms with Gasteiger partial charge in [0.25, 0.3) is 10.0 Å². The van der Waals surface area contributed by atoms with E-state index in [1.807, 2.05) is 0 Å². The van der Waals surface area contributed by atoms with Gasteiger partial charge in [-0.1, -0.05) is 12.1 Å². The van der Waals surface area contributed by atoms with Crippen molar-refractivity contribution >= 4 is 21.4 Å². The third kappa shape index (κ3) is 2.47. The Bertz CT molecular complexity index is 696. The Morgan fingerprint density at radius 1 is 1.35 bits per heavy atom. The quantitative estimate of drug-likeness (QED) is 0.767. The molecular formula is C12H16N4O3S. The van der Waals surface area contributed by atoms with E-state index in [-0.39, 0.29) is 18.2 Å². The molecule has 0 spiro atoms. The molecule has 2 rings (SSSR count). The smallest absolute Gasteiger partial charge is 0.281 e. The zero-order valence-corrected chi connectivity index (χ0v) is 11.8. The Balaban J connectivity index is 2.55. The van der Waals surface area contributed by atoms with Gasteiger partial charge in [0.2, 0.25) is 0 Å². The summed E-state index contributed by atoms with van der Waals surface area (Å²) in [5, 5.41) is 13.0. The number of anilines is 2. The Kier molecular flexibility index (Phi) is 3.96. The third-order valence-corrected chi connectivity index (χ3v) is 4.73. The minimum atomic E-state index is -3.83. The number of hydrogen-bond donors (Lipinski definition) is 2. The summed E-state index contributed by atoms with van der Waals surface area (Å²) >= 11 is 0. The van der Waals surface area contributed by atoms with Crippen LogP contribution in [-0.2, 0) is 17.1 Å². The number of aryl methyl sites for hydroxylation is 1. The lowest BCUT2D eigenvalue weighted by molar-refractivity contribution is 0.306. The van der Waals surface area contributed by atoms with Crippen LogP contribution in [0.1, 0.15) is 0 Å². The first-order valence-electron chi connectivity index (χ1n) is 5.94. The van der Waals surface area contributed by atoms with Gasteiger partial charge in [-0.2, -0.15) is 13.5 Å². The van der Waals surface area contributed by atoms with Crippen molar-refractivity contribution in [2.45, 2.75) is 5.03 Å². The van der Waals surface area contributed by atoms with Crippen LogP contribution in [0.25, 0.3) is 0 Å². The molecule has 1 aromatic carbocycles. The summed E-state index contributed by atoms with van der Waals surface area (Å²) in [6, 6.07) is 8.01. The minimum absolute atomic E-state index is 0.0363. The van der Waals surface area contributed by atoms with Crippen molar-refractivity contribution in [3.05, 3.63) is 36.5 Å². The maximum absolute atomic E-state index is 12.7. The summed E-state index contributed by atoms with van der Waals surface area (Å²) in [6.45, 7) is -0.396. The molecule has 1 aromatic heterocycles. The number of nitrogen functional groups attached to an aromatic ring is 1. The van der Waals surface area contributed by atoms with Crippen LogP contribution in [0.2, 0.25) is 0 Å². The van der Waals surface area contributed by atoms with Crippen LogP contribution in [0, 0.1) is 0 Å². The molecular weight excluding hydrogens is 280 g/mol. The van der Waals surface area contributed by atoms with Crippen molar-refractivity contribution in [2.24, 2.45) is 7.05 Å². The van der Waals surface area contributed by atoms with E-state index in [1.54, 1.807) is 31.3 Å². The average molecular weight is 296 g/mol. The maximum Gasteiger partial charge on any atom is 0.281 e. The normalized spacial score (nSPS) is 11.5. The fraction of sp³-hybridized carbons (Fsp3) is 0.250. The summed E-state index contributed by atoms with van der Waals surface area (Å²) in [6.07, 6.45) is 1.40. The highest BCUT2D eigenvalue weighted by molar-refractivity contribution is 7.92. The van der Waals surface area contributed by atoms with Gasteiger partial charge in [-0.3, -0.25) is 8.99 Å². The molecule has 20 heavy (non-hydrogen) atoms. The molecule has 0 bridgehead atoms. The molecule has 0 saturated carbocycles. The van der Waals surface area contributed by atoms with Gasteiger partial charge in [-0.15, -0.1) is 0 Å². The molecule has 7 nitrogen and oxygen atoms in total. The summed E-state index contributed by atoms with van der Waals surface area (Å²) in [7, 11) is -2.29. The first-order valence-corrected chi connectivity index (χ1v) is 7.38. The first-order chi connectivity index (χ1) is 9.48. The van der Waals surface area contributed by atoms with Gasteiger partial charge >= 0.3 is 0 Å². The van der Waals surface area contributed by atoms with Crippen LogP contribution in [0.5, 0.6) is 0 Å². The number of para-hydroxylation sites is 2. The molecule has 0 aliphatic carbocycles. The van der Waals surface area contributed by atoms with Crippen molar-refractivity contribution in [3.8, 4) is 0 Å². The highest BCUT2D eigenvalue weighted by Crippen LogP contribution is 2.27.